The van der Waals surface area contributed by atoms with Gasteiger partial charge < -0.3 is 5.32 Å². The molecule has 2 aromatic rings. The van der Waals surface area contributed by atoms with Crippen LogP contribution in [-0.4, -0.2) is 25.2 Å². The molecule has 0 radical (unpaired) electrons. The van der Waals surface area contributed by atoms with E-state index in [0.29, 0.717) is 11.4 Å². The van der Waals surface area contributed by atoms with E-state index >= 15 is 0 Å². The van der Waals surface area contributed by atoms with Crippen molar-refractivity contribution in [3.63, 3.8) is 0 Å². The molecule has 0 unspecified atom stereocenters. The number of rotatable bonds is 6. The summed E-state index contributed by atoms with van der Waals surface area (Å²) in [5.41, 5.74) is -0.391. The Morgan fingerprint density at radius 1 is 1.38 bits per heavy atom. The zero-order valence-corrected chi connectivity index (χ0v) is 13.3. The Morgan fingerprint density at radius 3 is 2.76 bits per heavy atom. The predicted molar refractivity (Wildman–Crippen MR) is 82.1 cm³/mol. The Bertz CT molecular complexity index is 760. The van der Waals surface area contributed by atoms with Gasteiger partial charge in [-0.2, -0.15) is 5.10 Å². The summed E-state index contributed by atoms with van der Waals surface area (Å²) in [5.74, 6) is 0.0773. The van der Waals surface area contributed by atoms with Crippen molar-refractivity contribution in [3.8, 4) is 0 Å². The minimum Gasteiger partial charge on any atom is -0.312 e. The lowest BCUT2D eigenvalue weighted by molar-refractivity contribution is 0.600. The van der Waals surface area contributed by atoms with Gasteiger partial charge >= 0.3 is 0 Å². The van der Waals surface area contributed by atoms with Gasteiger partial charge in [-0.3, -0.25) is 9.52 Å². The maximum Gasteiger partial charge on any atom is 0.264 e. The Labute approximate surface area is 126 Å². The van der Waals surface area contributed by atoms with Gasteiger partial charge in [0.2, 0.25) is 0 Å². The minimum atomic E-state index is -3.71. The summed E-state index contributed by atoms with van der Waals surface area (Å²) in [7, 11) is -3.71. The molecule has 21 heavy (non-hydrogen) atoms. The van der Waals surface area contributed by atoms with Gasteiger partial charge in [-0.15, -0.1) is 11.3 Å². The quantitative estimate of drug-likeness (QED) is 0.735. The van der Waals surface area contributed by atoms with Crippen LogP contribution in [-0.2, 0) is 16.6 Å². The number of hydrogen-bond acceptors (Lipinski definition) is 6. The third-order valence-corrected chi connectivity index (χ3v) is 5.34. The normalized spacial score (nSPS) is 11.5. The molecular weight excluding hydrogens is 312 g/mol. The van der Waals surface area contributed by atoms with Crippen molar-refractivity contribution in [1.29, 1.82) is 0 Å². The van der Waals surface area contributed by atoms with Crippen LogP contribution in [0.15, 0.2) is 27.9 Å². The van der Waals surface area contributed by atoms with Gasteiger partial charge in [-0.05, 0) is 25.6 Å². The molecular formula is C12H16N4O3S2. The molecule has 114 valence electrons. The number of thiophene rings is 1. The van der Waals surface area contributed by atoms with Gasteiger partial charge in [0.25, 0.3) is 15.6 Å². The molecule has 2 rings (SSSR count). The highest BCUT2D eigenvalue weighted by Crippen LogP contribution is 2.26. The topological polar surface area (TPSA) is 104 Å². The first-order valence-electron chi connectivity index (χ1n) is 6.31. The van der Waals surface area contributed by atoms with Crippen LogP contribution >= 0.6 is 11.3 Å². The van der Waals surface area contributed by atoms with Crippen LogP contribution in [0.2, 0.25) is 0 Å². The van der Waals surface area contributed by atoms with Crippen LogP contribution in [0.5, 0.6) is 0 Å². The average Bonchev–Trinajstić information content (AvgIpc) is 2.81. The second-order valence-corrected chi connectivity index (χ2v) is 7.32. The lowest BCUT2D eigenvalue weighted by Gasteiger charge is -2.05. The van der Waals surface area contributed by atoms with Crippen molar-refractivity contribution < 1.29 is 8.42 Å². The molecule has 0 spiro atoms. The highest BCUT2D eigenvalue weighted by atomic mass is 32.2. The molecule has 3 N–H and O–H groups in total. The molecule has 0 aliphatic rings. The van der Waals surface area contributed by atoms with Crippen molar-refractivity contribution >= 4 is 27.2 Å². The van der Waals surface area contributed by atoms with Crippen LogP contribution in [0.25, 0.3) is 0 Å². The molecule has 0 atom stereocenters. The SMILES string of the molecule is CCNCc1cc(S(=O)(=O)Nc2ccc(=O)[nH]n2)c(C)s1. The second kappa shape index (κ2) is 6.37. The second-order valence-electron chi connectivity index (χ2n) is 4.33. The van der Waals surface area contributed by atoms with Crippen LogP contribution in [0.4, 0.5) is 5.82 Å². The molecule has 0 bridgehead atoms. The maximum absolute atomic E-state index is 12.3. The van der Waals surface area contributed by atoms with E-state index < -0.39 is 15.6 Å². The summed E-state index contributed by atoms with van der Waals surface area (Å²) in [5, 5.41) is 8.98. The van der Waals surface area contributed by atoms with E-state index in [9.17, 15) is 13.2 Å². The van der Waals surface area contributed by atoms with E-state index in [1.807, 2.05) is 6.92 Å². The van der Waals surface area contributed by atoms with Gasteiger partial charge in [-0.1, -0.05) is 6.92 Å². The summed E-state index contributed by atoms with van der Waals surface area (Å²) in [6.07, 6.45) is 0. The van der Waals surface area contributed by atoms with Crippen molar-refractivity contribution in [3.05, 3.63) is 38.3 Å². The molecule has 0 fully saturated rings. The number of anilines is 1. The van der Waals surface area contributed by atoms with Gasteiger partial charge in [0.05, 0.1) is 0 Å². The number of H-pyrrole nitrogens is 1. The lowest BCUT2D eigenvalue weighted by Crippen LogP contribution is -2.16. The Hall–Kier alpha value is -1.71. The third kappa shape index (κ3) is 3.90. The molecule has 2 aromatic heterocycles. The Balaban J connectivity index is 2.24. The first-order chi connectivity index (χ1) is 9.92. The monoisotopic (exact) mass is 328 g/mol. The van der Waals surface area contributed by atoms with Gasteiger partial charge in [-0.25, -0.2) is 13.5 Å². The molecule has 0 amide bonds. The first kappa shape index (κ1) is 15.7. The molecule has 9 heteroatoms. The van der Waals surface area contributed by atoms with E-state index in [2.05, 4.69) is 20.2 Å². The zero-order chi connectivity index (χ0) is 15.5. The number of aromatic nitrogens is 2. The third-order valence-electron chi connectivity index (χ3n) is 2.68. The number of nitrogens with zero attached hydrogens (tertiary/aromatic N) is 1. The van der Waals surface area contributed by atoms with Gasteiger partial charge in [0.1, 0.15) is 4.90 Å². The summed E-state index contributed by atoms with van der Waals surface area (Å²) in [6, 6.07) is 4.18. The van der Waals surface area contributed by atoms with E-state index in [0.717, 1.165) is 11.4 Å². The highest BCUT2D eigenvalue weighted by Gasteiger charge is 2.20. The van der Waals surface area contributed by atoms with Crippen molar-refractivity contribution in [2.45, 2.75) is 25.3 Å². The molecule has 0 aliphatic heterocycles. The fraction of sp³-hybridized carbons (Fsp3) is 0.333. The first-order valence-corrected chi connectivity index (χ1v) is 8.61. The van der Waals surface area contributed by atoms with Crippen LogP contribution < -0.4 is 15.6 Å². The van der Waals surface area contributed by atoms with Crippen molar-refractivity contribution in [2.75, 3.05) is 11.3 Å². The van der Waals surface area contributed by atoms with Gasteiger partial charge in [0.15, 0.2) is 5.82 Å². The minimum absolute atomic E-state index is 0.0773. The zero-order valence-electron chi connectivity index (χ0n) is 11.6. The average molecular weight is 328 g/mol. The number of sulfonamides is 1. The van der Waals surface area contributed by atoms with E-state index in [1.54, 1.807) is 13.0 Å². The van der Waals surface area contributed by atoms with E-state index in [4.69, 9.17) is 0 Å². The molecule has 0 aliphatic carbocycles. The maximum atomic E-state index is 12.3. The molecule has 0 saturated heterocycles. The number of aromatic amines is 1. The van der Waals surface area contributed by atoms with Gasteiger partial charge in [0, 0.05) is 22.4 Å². The van der Waals surface area contributed by atoms with Crippen LogP contribution in [0, 0.1) is 6.92 Å². The highest BCUT2D eigenvalue weighted by molar-refractivity contribution is 7.93. The van der Waals surface area contributed by atoms with Crippen molar-refractivity contribution in [2.24, 2.45) is 0 Å². The Kier molecular flexibility index (Phi) is 4.76. The smallest absolute Gasteiger partial charge is 0.264 e. The summed E-state index contributed by atoms with van der Waals surface area (Å²) < 4.78 is 27.0. The fourth-order valence-electron chi connectivity index (χ4n) is 1.72. The summed E-state index contributed by atoms with van der Waals surface area (Å²) in [6.45, 7) is 5.20. The lowest BCUT2D eigenvalue weighted by atomic mass is 10.4. The van der Waals surface area contributed by atoms with Crippen LogP contribution in [0.3, 0.4) is 0 Å². The number of hydrogen-bond donors (Lipinski definition) is 3. The standard InChI is InChI=1S/C12H16N4O3S2/c1-3-13-7-9-6-10(8(2)20-9)21(18,19)16-11-4-5-12(17)15-14-11/h4-6,13H,3,7H2,1-2H3,(H,14,16)(H,15,17). The Morgan fingerprint density at radius 2 is 2.14 bits per heavy atom. The number of aryl methyl sites for hydroxylation is 1. The van der Waals surface area contributed by atoms with E-state index in [-0.39, 0.29) is 10.7 Å². The molecule has 7 nitrogen and oxygen atoms in total. The molecule has 0 saturated carbocycles. The molecule has 0 aromatic carbocycles. The van der Waals surface area contributed by atoms with Crippen LogP contribution in [0.1, 0.15) is 16.7 Å². The number of nitrogens with one attached hydrogen (secondary N) is 3. The largest absolute Gasteiger partial charge is 0.312 e. The predicted octanol–water partition coefficient (Wildman–Crippen LogP) is 1.05. The fourth-order valence-corrected chi connectivity index (χ4v) is 4.33. The van der Waals surface area contributed by atoms with E-state index in [1.165, 1.54) is 23.5 Å². The molecule has 2 heterocycles. The van der Waals surface area contributed by atoms with Crippen molar-refractivity contribution in [1.82, 2.24) is 15.5 Å². The summed E-state index contributed by atoms with van der Waals surface area (Å²) in [4.78, 5) is 12.8. The summed E-state index contributed by atoms with van der Waals surface area (Å²) >= 11 is 1.43.